The number of carbonyl (C=O) groups is 1. The van der Waals surface area contributed by atoms with Crippen molar-refractivity contribution >= 4 is 33.4 Å². The van der Waals surface area contributed by atoms with E-state index in [9.17, 15) is 4.79 Å². The van der Waals surface area contributed by atoms with Crippen LogP contribution in [0.15, 0.2) is 36.2 Å². The molecule has 82 valence electrons. The van der Waals surface area contributed by atoms with Crippen molar-refractivity contribution in [2.24, 2.45) is 0 Å². The maximum atomic E-state index is 11.3. The van der Waals surface area contributed by atoms with Gasteiger partial charge in [-0.15, -0.1) is 17.9 Å². The Morgan fingerprint density at radius 1 is 1.50 bits per heavy atom. The van der Waals surface area contributed by atoms with Gasteiger partial charge in [0, 0.05) is 6.54 Å². The molecule has 2 heterocycles. The van der Waals surface area contributed by atoms with Gasteiger partial charge < -0.3 is 5.32 Å². The van der Waals surface area contributed by atoms with E-state index in [1.54, 1.807) is 23.5 Å². The molecule has 0 aliphatic carbocycles. The minimum Gasteiger partial charge on any atom is -0.334 e. The van der Waals surface area contributed by atoms with Crippen LogP contribution in [0.4, 0.5) is 10.6 Å². The molecule has 2 rings (SSSR count). The highest BCUT2D eigenvalue weighted by Crippen LogP contribution is 2.20. The fourth-order valence-corrected chi connectivity index (χ4v) is 1.97. The Kier molecular flexibility index (Phi) is 3.16. The monoisotopic (exact) mass is 233 g/mol. The molecule has 2 amide bonds. The van der Waals surface area contributed by atoms with E-state index >= 15 is 0 Å². The van der Waals surface area contributed by atoms with E-state index in [0.29, 0.717) is 12.4 Å². The van der Waals surface area contributed by atoms with Crippen molar-refractivity contribution in [3.8, 4) is 0 Å². The quantitative estimate of drug-likeness (QED) is 0.801. The molecule has 2 aromatic heterocycles. The Balaban J connectivity index is 2.08. The van der Waals surface area contributed by atoms with Crippen LogP contribution < -0.4 is 10.6 Å². The number of anilines is 1. The summed E-state index contributed by atoms with van der Waals surface area (Å²) in [6.07, 6.45) is 1.62. The lowest BCUT2D eigenvalue weighted by molar-refractivity contribution is 0.253. The van der Waals surface area contributed by atoms with Gasteiger partial charge in [0.15, 0.2) is 0 Å². The average Bonchev–Trinajstić information content (AvgIpc) is 2.73. The van der Waals surface area contributed by atoms with Gasteiger partial charge >= 0.3 is 6.03 Å². The lowest BCUT2D eigenvalue weighted by atomic mass is 10.4. The zero-order valence-corrected chi connectivity index (χ0v) is 9.38. The smallest absolute Gasteiger partial charge is 0.320 e. The fourth-order valence-electron chi connectivity index (χ4n) is 1.25. The van der Waals surface area contributed by atoms with Crippen LogP contribution in [0.25, 0.3) is 10.2 Å². The predicted octanol–water partition coefficient (Wildman–Crippen LogP) is 2.60. The molecule has 4 nitrogen and oxygen atoms in total. The lowest BCUT2D eigenvalue weighted by Crippen LogP contribution is -2.28. The molecular formula is C11H11N3OS. The Morgan fingerprint density at radius 3 is 3.19 bits per heavy atom. The lowest BCUT2D eigenvalue weighted by Gasteiger charge is -2.04. The molecule has 2 aromatic rings. The third-order valence-corrected chi connectivity index (χ3v) is 2.83. The van der Waals surface area contributed by atoms with Gasteiger partial charge in [-0.2, -0.15) is 0 Å². The zero-order valence-electron chi connectivity index (χ0n) is 8.56. The Hall–Kier alpha value is -1.88. The van der Waals surface area contributed by atoms with Crippen LogP contribution in [-0.2, 0) is 0 Å². The van der Waals surface area contributed by atoms with Gasteiger partial charge in [0.2, 0.25) is 0 Å². The number of carbonyl (C=O) groups excluding carboxylic acids is 1. The first-order valence-corrected chi connectivity index (χ1v) is 5.67. The third-order valence-electron chi connectivity index (χ3n) is 1.96. The molecule has 0 saturated heterocycles. The minimum atomic E-state index is -0.276. The number of aromatic nitrogens is 1. The van der Waals surface area contributed by atoms with E-state index < -0.39 is 0 Å². The van der Waals surface area contributed by atoms with E-state index in [-0.39, 0.29) is 6.03 Å². The average molecular weight is 233 g/mol. The van der Waals surface area contributed by atoms with Crippen LogP contribution in [0.5, 0.6) is 0 Å². The van der Waals surface area contributed by atoms with Crippen molar-refractivity contribution in [3.63, 3.8) is 0 Å². The summed E-state index contributed by atoms with van der Waals surface area (Å²) in [5.74, 6) is 0.549. The molecule has 2 N–H and O–H groups in total. The number of nitrogens with one attached hydrogen (secondary N) is 2. The topological polar surface area (TPSA) is 54.0 Å². The molecule has 0 saturated carbocycles. The van der Waals surface area contributed by atoms with E-state index in [1.165, 1.54) is 0 Å². The van der Waals surface area contributed by atoms with Crippen LogP contribution in [0.3, 0.4) is 0 Å². The molecule has 0 aliphatic rings. The first-order chi connectivity index (χ1) is 7.79. The van der Waals surface area contributed by atoms with Gasteiger partial charge in [-0.3, -0.25) is 5.32 Å². The SMILES string of the molecule is C=CCNC(=O)Nc1ccc2sccc2n1. The first kappa shape index (κ1) is 10.6. The van der Waals surface area contributed by atoms with E-state index in [2.05, 4.69) is 22.2 Å². The summed E-state index contributed by atoms with van der Waals surface area (Å²) in [6.45, 7) is 3.95. The molecule has 5 heteroatoms. The molecule has 16 heavy (non-hydrogen) atoms. The predicted molar refractivity (Wildman–Crippen MR) is 66.8 cm³/mol. The number of nitrogens with zero attached hydrogens (tertiary/aromatic N) is 1. The Morgan fingerprint density at radius 2 is 2.38 bits per heavy atom. The number of fused-ring (bicyclic) bond motifs is 1. The van der Waals surface area contributed by atoms with Crippen LogP contribution >= 0.6 is 11.3 Å². The second-order valence-electron chi connectivity index (χ2n) is 3.12. The molecule has 0 unspecified atom stereocenters. The van der Waals surface area contributed by atoms with Crippen molar-refractivity contribution in [2.45, 2.75) is 0 Å². The zero-order chi connectivity index (χ0) is 11.4. The molecule has 0 bridgehead atoms. The van der Waals surface area contributed by atoms with E-state index in [4.69, 9.17) is 0 Å². The molecule has 0 fully saturated rings. The maximum Gasteiger partial charge on any atom is 0.320 e. The van der Waals surface area contributed by atoms with Gasteiger partial charge in [-0.25, -0.2) is 9.78 Å². The summed E-state index contributed by atoms with van der Waals surface area (Å²) in [7, 11) is 0. The number of hydrogen-bond donors (Lipinski definition) is 2. The highest BCUT2D eigenvalue weighted by molar-refractivity contribution is 7.17. The summed E-state index contributed by atoms with van der Waals surface area (Å²) < 4.78 is 1.11. The highest BCUT2D eigenvalue weighted by Gasteiger charge is 2.02. The van der Waals surface area contributed by atoms with Crippen molar-refractivity contribution in [2.75, 3.05) is 11.9 Å². The molecule has 0 aliphatic heterocycles. The van der Waals surface area contributed by atoms with Gasteiger partial charge in [0.25, 0.3) is 0 Å². The maximum absolute atomic E-state index is 11.3. The van der Waals surface area contributed by atoms with Crippen molar-refractivity contribution in [3.05, 3.63) is 36.2 Å². The highest BCUT2D eigenvalue weighted by atomic mass is 32.1. The van der Waals surface area contributed by atoms with Crippen molar-refractivity contribution in [1.82, 2.24) is 10.3 Å². The summed E-state index contributed by atoms with van der Waals surface area (Å²) in [4.78, 5) is 15.6. The van der Waals surface area contributed by atoms with E-state index in [1.807, 2.05) is 17.5 Å². The summed E-state index contributed by atoms with van der Waals surface area (Å²) in [6, 6.07) is 5.37. The van der Waals surface area contributed by atoms with Gasteiger partial charge in [-0.1, -0.05) is 6.08 Å². The number of hydrogen-bond acceptors (Lipinski definition) is 3. The third kappa shape index (κ3) is 2.38. The van der Waals surface area contributed by atoms with Gasteiger partial charge in [-0.05, 0) is 23.6 Å². The van der Waals surface area contributed by atoms with Crippen LogP contribution in [-0.4, -0.2) is 17.6 Å². The number of urea groups is 1. The molecule has 0 radical (unpaired) electrons. The molecule has 0 spiro atoms. The van der Waals surface area contributed by atoms with E-state index in [0.717, 1.165) is 10.2 Å². The fraction of sp³-hybridized carbons (Fsp3) is 0.0909. The number of pyridine rings is 1. The van der Waals surface area contributed by atoms with Crippen LogP contribution in [0.2, 0.25) is 0 Å². The second kappa shape index (κ2) is 4.76. The molecule has 0 atom stereocenters. The normalized spacial score (nSPS) is 10.0. The Bertz CT molecular complexity index is 521. The Labute approximate surface area is 97.0 Å². The van der Waals surface area contributed by atoms with Crippen LogP contribution in [0.1, 0.15) is 0 Å². The summed E-state index contributed by atoms with van der Waals surface area (Å²) >= 11 is 1.62. The minimum absolute atomic E-state index is 0.276. The number of amides is 2. The van der Waals surface area contributed by atoms with Gasteiger partial charge in [0.1, 0.15) is 5.82 Å². The molecule has 0 aromatic carbocycles. The number of thiophene rings is 1. The summed E-state index contributed by atoms with van der Waals surface area (Å²) in [5, 5.41) is 7.24. The van der Waals surface area contributed by atoms with Crippen molar-refractivity contribution < 1.29 is 4.79 Å². The van der Waals surface area contributed by atoms with Crippen LogP contribution in [0, 0.1) is 0 Å². The summed E-state index contributed by atoms with van der Waals surface area (Å²) in [5.41, 5.74) is 0.895. The number of rotatable bonds is 3. The first-order valence-electron chi connectivity index (χ1n) is 4.79. The second-order valence-corrected chi connectivity index (χ2v) is 4.07. The van der Waals surface area contributed by atoms with Crippen molar-refractivity contribution in [1.29, 1.82) is 0 Å². The van der Waals surface area contributed by atoms with Gasteiger partial charge in [0.05, 0.1) is 10.2 Å². The largest absolute Gasteiger partial charge is 0.334 e. The molecular weight excluding hydrogens is 222 g/mol. The standard InChI is InChI=1S/C11H11N3OS/c1-2-6-12-11(15)14-10-4-3-9-8(13-10)5-7-16-9/h2-5,7H,1,6H2,(H2,12,13,14,15).